The van der Waals surface area contributed by atoms with Gasteiger partial charge in [-0.15, -0.1) is 0 Å². The lowest BCUT2D eigenvalue weighted by Crippen LogP contribution is -2.17. The Morgan fingerprint density at radius 3 is 2.27 bits per heavy atom. The fraction of sp³-hybridized carbons (Fsp3) is 0.316. The lowest BCUT2D eigenvalue weighted by molar-refractivity contribution is -0.138. The maximum Gasteiger partial charge on any atom is 0.311 e. The van der Waals surface area contributed by atoms with Crippen LogP contribution in [-0.2, 0) is 11.2 Å². The molecule has 2 aromatic carbocycles. The molecule has 0 bridgehead atoms. The molecule has 22 heavy (non-hydrogen) atoms. The third kappa shape index (κ3) is 3.30. The van der Waals surface area contributed by atoms with Crippen molar-refractivity contribution in [3.05, 3.63) is 64.2 Å². The maximum atomic E-state index is 11.9. The lowest BCUT2D eigenvalue weighted by atomic mass is 9.85. The zero-order chi connectivity index (χ0) is 16.3. The molecule has 0 heterocycles. The van der Waals surface area contributed by atoms with Gasteiger partial charge in [0.1, 0.15) is 5.75 Å². The third-order valence-electron chi connectivity index (χ3n) is 4.00. The quantitative estimate of drug-likeness (QED) is 0.906. The van der Waals surface area contributed by atoms with Crippen LogP contribution in [0.5, 0.6) is 5.75 Å². The monoisotopic (exact) mass is 298 g/mol. The van der Waals surface area contributed by atoms with Crippen molar-refractivity contribution in [1.29, 1.82) is 0 Å². The topological polar surface area (TPSA) is 46.5 Å². The molecule has 0 aliphatic rings. The van der Waals surface area contributed by atoms with Gasteiger partial charge < -0.3 is 9.84 Å². The zero-order valence-electron chi connectivity index (χ0n) is 13.5. The summed E-state index contributed by atoms with van der Waals surface area (Å²) in [6, 6.07) is 11.7. The van der Waals surface area contributed by atoms with Gasteiger partial charge in [-0.1, -0.05) is 35.9 Å². The van der Waals surface area contributed by atoms with E-state index in [1.54, 1.807) is 7.11 Å². The number of aliphatic carboxylic acids is 1. The van der Waals surface area contributed by atoms with Crippen LogP contribution in [0.2, 0.25) is 0 Å². The largest absolute Gasteiger partial charge is 0.496 e. The van der Waals surface area contributed by atoms with Crippen molar-refractivity contribution in [3.8, 4) is 5.75 Å². The van der Waals surface area contributed by atoms with Crippen molar-refractivity contribution in [1.82, 2.24) is 0 Å². The molecule has 0 saturated heterocycles. The van der Waals surface area contributed by atoms with Gasteiger partial charge in [0, 0.05) is 0 Å². The summed E-state index contributed by atoms with van der Waals surface area (Å²) in [6.07, 6.45) is 0.421. The van der Waals surface area contributed by atoms with Crippen LogP contribution in [-0.4, -0.2) is 18.2 Å². The number of aryl methyl sites for hydroxylation is 3. The standard InChI is InChI=1S/C19H22O3/c1-12-9-13(2)18(14(3)10-12)16(19(20)21)11-15-7-5-6-8-17(15)22-4/h5-10,16H,11H2,1-4H3,(H,20,21). The highest BCUT2D eigenvalue weighted by Crippen LogP contribution is 2.31. The number of hydrogen-bond acceptors (Lipinski definition) is 2. The van der Waals surface area contributed by atoms with E-state index in [2.05, 4.69) is 0 Å². The second-order valence-corrected chi connectivity index (χ2v) is 5.72. The molecule has 1 N–H and O–H groups in total. The summed E-state index contributed by atoms with van der Waals surface area (Å²) in [5, 5.41) is 9.73. The Bertz CT molecular complexity index is 666. The van der Waals surface area contributed by atoms with E-state index in [-0.39, 0.29) is 0 Å². The molecule has 2 rings (SSSR count). The molecule has 1 unspecified atom stereocenters. The zero-order valence-corrected chi connectivity index (χ0v) is 13.5. The van der Waals surface area contributed by atoms with E-state index < -0.39 is 11.9 Å². The molecule has 0 aliphatic carbocycles. The van der Waals surface area contributed by atoms with E-state index in [0.29, 0.717) is 6.42 Å². The van der Waals surface area contributed by atoms with Crippen molar-refractivity contribution < 1.29 is 14.6 Å². The van der Waals surface area contributed by atoms with E-state index in [0.717, 1.165) is 33.6 Å². The van der Waals surface area contributed by atoms with Gasteiger partial charge in [-0.2, -0.15) is 0 Å². The Morgan fingerprint density at radius 2 is 1.73 bits per heavy atom. The Labute approximate surface area is 131 Å². The minimum atomic E-state index is -0.805. The first-order chi connectivity index (χ1) is 10.4. The van der Waals surface area contributed by atoms with Gasteiger partial charge in [0.15, 0.2) is 0 Å². The summed E-state index contributed by atoms with van der Waals surface area (Å²) in [5.74, 6) is -0.644. The first-order valence-corrected chi connectivity index (χ1v) is 7.36. The Kier molecular flexibility index (Phi) is 4.86. The number of para-hydroxylation sites is 1. The summed E-state index contributed by atoms with van der Waals surface area (Å²) >= 11 is 0. The van der Waals surface area contributed by atoms with E-state index in [1.807, 2.05) is 57.2 Å². The molecule has 0 amide bonds. The lowest BCUT2D eigenvalue weighted by Gasteiger charge is -2.20. The Hall–Kier alpha value is -2.29. The van der Waals surface area contributed by atoms with E-state index in [1.165, 1.54) is 0 Å². The summed E-state index contributed by atoms with van der Waals surface area (Å²) in [6.45, 7) is 5.99. The first kappa shape index (κ1) is 16.1. The number of carbonyl (C=O) groups is 1. The van der Waals surface area contributed by atoms with Gasteiger partial charge in [-0.3, -0.25) is 4.79 Å². The highest BCUT2D eigenvalue weighted by atomic mass is 16.5. The molecular formula is C19H22O3. The van der Waals surface area contributed by atoms with Crippen molar-refractivity contribution in [2.75, 3.05) is 7.11 Å². The highest BCUT2D eigenvalue weighted by Gasteiger charge is 2.25. The second-order valence-electron chi connectivity index (χ2n) is 5.72. The van der Waals surface area contributed by atoms with Crippen LogP contribution in [0.3, 0.4) is 0 Å². The van der Waals surface area contributed by atoms with Gasteiger partial charge in [0.2, 0.25) is 0 Å². The molecule has 1 atom stereocenters. The average Bonchev–Trinajstić information content (AvgIpc) is 2.45. The fourth-order valence-electron chi connectivity index (χ4n) is 3.15. The predicted molar refractivity (Wildman–Crippen MR) is 87.7 cm³/mol. The average molecular weight is 298 g/mol. The summed E-state index contributed by atoms with van der Waals surface area (Å²) < 4.78 is 5.35. The van der Waals surface area contributed by atoms with Crippen LogP contribution >= 0.6 is 0 Å². The molecule has 0 saturated carbocycles. The fourth-order valence-corrected chi connectivity index (χ4v) is 3.15. The minimum Gasteiger partial charge on any atom is -0.496 e. The molecule has 3 heteroatoms. The molecule has 116 valence electrons. The van der Waals surface area contributed by atoms with Gasteiger partial charge in [-0.25, -0.2) is 0 Å². The summed E-state index contributed by atoms with van der Waals surface area (Å²) in [5.41, 5.74) is 5.03. The predicted octanol–water partition coefficient (Wildman–Crippen LogP) is 4.03. The van der Waals surface area contributed by atoms with Crippen LogP contribution in [0.1, 0.15) is 33.7 Å². The number of hydrogen-bond donors (Lipinski definition) is 1. The van der Waals surface area contributed by atoms with Gasteiger partial charge in [-0.05, 0) is 55.5 Å². The summed E-state index contributed by atoms with van der Waals surface area (Å²) in [4.78, 5) is 11.9. The SMILES string of the molecule is COc1ccccc1CC(C(=O)O)c1c(C)cc(C)cc1C. The molecule has 2 aromatic rings. The minimum absolute atomic E-state index is 0.421. The van der Waals surface area contributed by atoms with Crippen LogP contribution in [0.25, 0.3) is 0 Å². The Balaban J connectivity index is 2.46. The maximum absolute atomic E-state index is 11.9. The van der Waals surface area contributed by atoms with Gasteiger partial charge in [0.05, 0.1) is 13.0 Å². The second kappa shape index (κ2) is 6.65. The van der Waals surface area contributed by atoms with Crippen LogP contribution in [0, 0.1) is 20.8 Å². The molecule has 0 fully saturated rings. The molecule has 0 aromatic heterocycles. The molecular weight excluding hydrogens is 276 g/mol. The summed E-state index contributed by atoms with van der Waals surface area (Å²) in [7, 11) is 1.61. The number of benzene rings is 2. The number of methoxy groups -OCH3 is 1. The highest BCUT2D eigenvalue weighted by molar-refractivity contribution is 5.78. The molecule has 3 nitrogen and oxygen atoms in total. The van der Waals surface area contributed by atoms with Crippen LogP contribution in [0.15, 0.2) is 36.4 Å². The molecule has 0 radical (unpaired) electrons. The van der Waals surface area contributed by atoms with Crippen molar-refractivity contribution in [2.45, 2.75) is 33.1 Å². The number of carboxylic acids is 1. The molecule has 0 aliphatic heterocycles. The van der Waals surface area contributed by atoms with Crippen LogP contribution in [0.4, 0.5) is 0 Å². The normalized spacial score (nSPS) is 12.0. The van der Waals surface area contributed by atoms with Gasteiger partial charge in [0.25, 0.3) is 0 Å². The smallest absolute Gasteiger partial charge is 0.311 e. The Morgan fingerprint density at radius 1 is 1.14 bits per heavy atom. The number of rotatable bonds is 5. The van der Waals surface area contributed by atoms with E-state index >= 15 is 0 Å². The number of carboxylic acid groups (broad SMARTS) is 1. The third-order valence-corrected chi connectivity index (χ3v) is 4.00. The molecule has 0 spiro atoms. The first-order valence-electron chi connectivity index (χ1n) is 7.36. The van der Waals surface area contributed by atoms with Crippen molar-refractivity contribution >= 4 is 5.97 Å². The van der Waals surface area contributed by atoms with E-state index in [9.17, 15) is 9.90 Å². The van der Waals surface area contributed by atoms with Crippen molar-refractivity contribution in [2.24, 2.45) is 0 Å². The number of ether oxygens (including phenoxy) is 1. The van der Waals surface area contributed by atoms with Crippen molar-refractivity contribution in [3.63, 3.8) is 0 Å². The van der Waals surface area contributed by atoms with Crippen LogP contribution < -0.4 is 4.74 Å². The van der Waals surface area contributed by atoms with Gasteiger partial charge >= 0.3 is 5.97 Å². The van der Waals surface area contributed by atoms with E-state index in [4.69, 9.17) is 4.74 Å².